The minimum atomic E-state index is -0.443. The molecule has 116 valence electrons. The predicted octanol–water partition coefficient (Wildman–Crippen LogP) is 1.85. The lowest BCUT2D eigenvalue weighted by Crippen LogP contribution is -2.47. The third-order valence-corrected chi connectivity index (χ3v) is 4.38. The number of rotatable bonds is 4. The van der Waals surface area contributed by atoms with Crippen molar-refractivity contribution >= 4 is 23.6 Å². The van der Waals surface area contributed by atoms with Crippen molar-refractivity contribution in [3.63, 3.8) is 0 Å². The van der Waals surface area contributed by atoms with Crippen molar-refractivity contribution in [1.82, 2.24) is 10.2 Å². The molecule has 0 bridgehead atoms. The molecule has 0 spiro atoms. The number of thioether (sulfide) groups is 1. The zero-order valence-corrected chi connectivity index (χ0v) is 13.5. The molecule has 0 aromatic heterocycles. The molecule has 2 rings (SSSR count). The van der Waals surface area contributed by atoms with Crippen LogP contribution in [0.4, 0.5) is 0 Å². The molecule has 0 saturated carbocycles. The van der Waals surface area contributed by atoms with Crippen molar-refractivity contribution in [1.29, 1.82) is 5.26 Å². The summed E-state index contributed by atoms with van der Waals surface area (Å²) in [5.41, 5.74) is 0.890. The number of nitrogens with zero attached hydrogens (tertiary/aromatic N) is 2. The van der Waals surface area contributed by atoms with Crippen LogP contribution in [0.1, 0.15) is 29.8 Å². The Balaban J connectivity index is 2.11. The van der Waals surface area contributed by atoms with E-state index in [2.05, 4.69) is 5.32 Å². The molecule has 5 nitrogen and oxygen atoms in total. The molecule has 22 heavy (non-hydrogen) atoms. The molecule has 1 aliphatic rings. The van der Waals surface area contributed by atoms with Gasteiger partial charge in [-0.15, -0.1) is 11.8 Å². The molecule has 2 amide bonds. The maximum absolute atomic E-state index is 12.6. The molecule has 1 saturated heterocycles. The summed E-state index contributed by atoms with van der Waals surface area (Å²) in [6.45, 7) is 4.66. The first-order valence-corrected chi connectivity index (χ1v) is 8.35. The van der Waals surface area contributed by atoms with Crippen LogP contribution in [0.5, 0.6) is 0 Å². The lowest BCUT2D eigenvalue weighted by molar-refractivity contribution is -0.124. The second-order valence-electron chi connectivity index (χ2n) is 5.62. The molecular weight excluding hydrogens is 298 g/mol. The summed E-state index contributed by atoms with van der Waals surface area (Å²) in [6.07, 6.45) is 0. The third kappa shape index (κ3) is 3.80. The highest BCUT2D eigenvalue weighted by Crippen LogP contribution is 2.23. The molecular formula is C16H19N3O2S. The summed E-state index contributed by atoms with van der Waals surface area (Å²) >= 11 is 1.57. The molecule has 1 aromatic rings. The lowest BCUT2D eigenvalue weighted by Gasteiger charge is -2.23. The van der Waals surface area contributed by atoms with E-state index in [1.165, 1.54) is 0 Å². The van der Waals surface area contributed by atoms with Gasteiger partial charge in [0.15, 0.2) is 0 Å². The number of hydrogen-bond acceptors (Lipinski definition) is 4. The Bertz CT molecular complexity index is 610. The Morgan fingerprint density at radius 1 is 1.50 bits per heavy atom. The number of nitriles is 1. The van der Waals surface area contributed by atoms with E-state index >= 15 is 0 Å². The van der Waals surface area contributed by atoms with Crippen LogP contribution < -0.4 is 5.32 Å². The number of benzene rings is 1. The number of amides is 2. The number of nitrogens with one attached hydrogen (secondary N) is 1. The standard InChI is InChI=1S/C16H19N3O2S/c1-11(2)8-18-15(20)14-9-22-10-19(14)16(21)13-5-3-4-12(6-13)7-17/h3-6,11,14H,8-10H2,1-2H3,(H,18,20)/t14-/m1/s1. The topological polar surface area (TPSA) is 73.2 Å². The van der Waals surface area contributed by atoms with Gasteiger partial charge in [0.1, 0.15) is 6.04 Å². The van der Waals surface area contributed by atoms with Crippen LogP contribution in [-0.4, -0.2) is 40.9 Å². The van der Waals surface area contributed by atoms with E-state index in [4.69, 9.17) is 5.26 Å². The van der Waals surface area contributed by atoms with Crippen LogP contribution >= 0.6 is 11.8 Å². The van der Waals surface area contributed by atoms with Gasteiger partial charge in [-0.3, -0.25) is 9.59 Å². The third-order valence-electron chi connectivity index (χ3n) is 3.37. The van der Waals surface area contributed by atoms with Gasteiger partial charge in [-0.2, -0.15) is 5.26 Å². The highest BCUT2D eigenvalue weighted by molar-refractivity contribution is 7.99. The molecule has 1 atom stereocenters. The van der Waals surface area contributed by atoms with Gasteiger partial charge in [0, 0.05) is 17.9 Å². The average Bonchev–Trinajstić information content (AvgIpc) is 3.01. The van der Waals surface area contributed by atoms with Crippen LogP contribution in [0, 0.1) is 17.2 Å². The van der Waals surface area contributed by atoms with Gasteiger partial charge < -0.3 is 10.2 Å². The van der Waals surface area contributed by atoms with Gasteiger partial charge in [-0.1, -0.05) is 19.9 Å². The first-order chi connectivity index (χ1) is 10.5. The molecule has 1 aliphatic heterocycles. The lowest BCUT2D eigenvalue weighted by atomic mass is 10.1. The molecule has 0 radical (unpaired) electrons. The SMILES string of the molecule is CC(C)CNC(=O)[C@H]1CSCN1C(=O)c1cccc(C#N)c1. The van der Waals surface area contributed by atoms with Gasteiger partial charge in [0.25, 0.3) is 5.91 Å². The first-order valence-electron chi connectivity index (χ1n) is 7.19. The molecule has 6 heteroatoms. The van der Waals surface area contributed by atoms with E-state index in [1.807, 2.05) is 19.9 Å². The van der Waals surface area contributed by atoms with Gasteiger partial charge in [-0.25, -0.2) is 0 Å². The van der Waals surface area contributed by atoms with E-state index in [0.29, 0.717) is 35.2 Å². The average molecular weight is 317 g/mol. The molecule has 1 aromatic carbocycles. The van der Waals surface area contributed by atoms with Crippen LogP contribution in [0.25, 0.3) is 0 Å². The normalized spacial score (nSPS) is 17.4. The molecule has 1 fully saturated rings. The highest BCUT2D eigenvalue weighted by atomic mass is 32.2. The van der Waals surface area contributed by atoms with Crippen molar-refractivity contribution < 1.29 is 9.59 Å². The van der Waals surface area contributed by atoms with E-state index < -0.39 is 6.04 Å². The van der Waals surface area contributed by atoms with Gasteiger partial charge in [0.05, 0.1) is 17.5 Å². The van der Waals surface area contributed by atoms with Crippen molar-refractivity contribution in [2.45, 2.75) is 19.9 Å². The quantitative estimate of drug-likeness (QED) is 0.920. The van der Waals surface area contributed by atoms with Crippen molar-refractivity contribution in [2.75, 3.05) is 18.2 Å². The summed E-state index contributed by atoms with van der Waals surface area (Å²) in [7, 11) is 0. The van der Waals surface area contributed by atoms with Crippen molar-refractivity contribution in [3.05, 3.63) is 35.4 Å². The smallest absolute Gasteiger partial charge is 0.255 e. The fourth-order valence-electron chi connectivity index (χ4n) is 2.17. The molecule has 0 aliphatic carbocycles. The van der Waals surface area contributed by atoms with Crippen LogP contribution in [0.2, 0.25) is 0 Å². The summed E-state index contributed by atoms with van der Waals surface area (Å²) in [6, 6.07) is 8.16. The maximum Gasteiger partial charge on any atom is 0.255 e. The predicted molar refractivity (Wildman–Crippen MR) is 86.3 cm³/mol. The fourth-order valence-corrected chi connectivity index (χ4v) is 3.32. The molecule has 0 unspecified atom stereocenters. The number of carbonyl (C=O) groups excluding carboxylic acids is 2. The van der Waals surface area contributed by atoms with Crippen LogP contribution in [0.3, 0.4) is 0 Å². The van der Waals surface area contributed by atoms with Gasteiger partial charge in [0.2, 0.25) is 5.91 Å². The zero-order valence-electron chi connectivity index (χ0n) is 12.7. The van der Waals surface area contributed by atoms with E-state index in [-0.39, 0.29) is 11.8 Å². The number of hydrogen-bond donors (Lipinski definition) is 1. The van der Waals surface area contributed by atoms with E-state index in [0.717, 1.165) is 0 Å². The van der Waals surface area contributed by atoms with Gasteiger partial charge >= 0.3 is 0 Å². The molecule has 1 heterocycles. The van der Waals surface area contributed by atoms with Crippen molar-refractivity contribution in [2.24, 2.45) is 5.92 Å². The Hall–Kier alpha value is -2.00. The Morgan fingerprint density at radius 3 is 2.95 bits per heavy atom. The minimum Gasteiger partial charge on any atom is -0.354 e. The first kappa shape index (κ1) is 16.4. The number of carbonyl (C=O) groups is 2. The zero-order chi connectivity index (χ0) is 16.1. The Labute approximate surface area is 134 Å². The second-order valence-corrected chi connectivity index (χ2v) is 6.62. The van der Waals surface area contributed by atoms with Crippen LogP contribution in [0.15, 0.2) is 24.3 Å². The summed E-state index contributed by atoms with van der Waals surface area (Å²) < 4.78 is 0. The summed E-state index contributed by atoms with van der Waals surface area (Å²) in [4.78, 5) is 26.4. The molecule has 1 N–H and O–H groups in total. The minimum absolute atomic E-state index is 0.108. The fraction of sp³-hybridized carbons (Fsp3) is 0.438. The maximum atomic E-state index is 12.6. The monoisotopic (exact) mass is 317 g/mol. The summed E-state index contributed by atoms with van der Waals surface area (Å²) in [5, 5.41) is 11.8. The second kappa shape index (κ2) is 7.32. The Kier molecular flexibility index (Phi) is 5.45. The largest absolute Gasteiger partial charge is 0.354 e. The van der Waals surface area contributed by atoms with E-state index in [9.17, 15) is 9.59 Å². The van der Waals surface area contributed by atoms with Crippen molar-refractivity contribution in [3.8, 4) is 6.07 Å². The van der Waals surface area contributed by atoms with E-state index in [1.54, 1.807) is 40.9 Å². The highest BCUT2D eigenvalue weighted by Gasteiger charge is 2.35. The Morgan fingerprint density at radius 2 is 2.27 bits per heavy atom. The summed E-state index contributed by atoms with van der Waals surface area (Å²) in [5.74, 6) is 1.16. The van der Waals surface area contributed by atoms with Crippen LogP contribution in [-0.2, 0) is 4.79 Å². The van der Waals surface area contributed by atoms with Gasteiger partial charge in [-0.05, 0) is 24.1 Å².